The van der Waals surface area contributed by atoms with E-state index < -0.39 is 36.7 Å². The van der Waals surface area contributed by atoms with Gasteiger partial charge in [0.25, 0.3) is 0 Å². The topological polar surface area (TPSA) is 111 Å². The largest absolute Gasteiger partial charge is 0.542 e. The van der Waals surface area contributed by atoms with Crippen LogP contribution in [-0.4, -0.2) is 73.4 Å². The molecule has 318 valence electrons. The quantitative estimate of drug-likeness (QED) is 0.0501. The van der Waals surface area contributed by atoms with Crippen molar-refractivity contribution in [1.82, 2.24) is 0 Å². The summed E-state index contributed by atoms with van der Waals surface area (Å²) in [6, 6.07) is 20.0. The van der Waals surface area contributed by atoms with Gasteiger partial charge in [0.2, 0.25) is 5.60 Å². The minimum absolute atomic E-state index is 0.157. The first-order valence-corrected chi connectivity index (χ1v) is 21.4. The third-order valence-corrected chi connectivity index (χ3v) is 12.1. The van der Waals surface area contributed by atoms with E-state index in [1.807, 2.05) is 60.7 Å². The highest BCUT2D eigenvalue weighted by atomic mass is 19.4. The number of hydrogen-bond donors (Lipinski definition) is 0. The van der Waals surface area contributed by atoms with Gasteiger partial charge < -0.3 is 33.3 Å². The molecule has 3 aliphatic rings. The van der Waals surface area contributed by atoms with Crippen LogP contribution in [0, 0.1) is 0 Å². The van der Waals surface area contributed by atoms with Gasteiger partial charge in [0.05, 0.1) is 31.8 Å². The fourth-order valence-corrected chi connectivity index (χ4v) is 9.17. The molecule has 0 aromatic heterocycles. The second-order valence-electron chi connectivity index (χ2n) is 15.9. The molecule has 5 rings (SSSR count). The number of unbranched alkanes of at least 4 members (excludes halogenated alkanes) is 13. The third-order valence-electron chi connectivity index (χ3n) is 12.1. The van der Waals surface area contributed by atoms with Crippen molar-refractivity contribution in [1.29, 1.82) is 0 Å². The lowest BCUT2D eigenvalue weighted by molar-refractivity contribution is -0.956. The highest BCUT2D eigenvalue weighted by Crippen LogP contribution is 2.47. The predicted molar refractivity (Wildman–Crippen MR) is 209 cm³/mol. The van der Waals surface area contributed by atoms with Crippen LogP contribution >= 0.6 is 0 Å². The number of carbonyl (C=O) groups is 3. The number of halogens is 3. The van der Waals surface area contributed by atoms with Crippen LogP contribution in [0.3, 0.4) is 0 Å². The number of aliphatic carboxylic acids is 1. The number of esters is 1. The summed E-state index contributed by atoms with van der Waals surface area (Å²) < 4.78 is 56.4. The van der Waals surface area contributed by atoms with Gasteiger partial charge in [-0.05, 0) is 17.5 Å². The van der Waals surface area contributed by atoms with E-state index in [0.29, 0.717) is 29.8 Å². The molecule has 2 bridgehead atoms. The monoisotopic (exact) mass is 803 g/mol. The van der Waals surface area contributed by atoms with Crippen molar-refractivity contribution in [3.63, 3.8) is 0 Å². The zero-order chi connectivity index (χ0) is 41.0. The molecule has 2 aromatic carbocycles. The van der Waals surface area contributed by atoms with E-state index in [1.54, 1.807) is 0 Å². The van der Waals surface area contributed by atoms with Crippen molar-refractivity contribution in [2.75, 3.05) is 26.5 Å². The Labute approximate surface area is 337 Å². The van der Waals surface area contributed by atoms with Gasteiger partial charge >= 0.3 is 18.3 Å². The maximum Gasteiger partial charge on any atom is 0.510 e. The minimum atomic E-state index is -5.19. The Morgan fingerprint density at radius 3 is 1.56 bits per heavy atom. The van der Waals surface area contributed by atoms with Crippen LogP contribution in [0.15, 0.2) is 60.7 Å². The predicted octanol–water partition coefficient (Wildman–Crippen LogP) is 9.68. The minimum Gasteiger partial charge on any atom is -0.542 e. The maximum atomic E-state index is 14.5. The number of benzene rings is 2. The number of rotatable bonds is 22. The van der Waals surface area contributed by atoms with Crippen LogP contribution in [0.2, 0.25) is 0 Å². The number of alkyl halides is 3. The lowest BCUT2D eigenvalue weighted by atomic mass is 9.85. The van der Waals surface area contributed by atoms with Gasteiger partial charge in [-0.1, -0.05) is 151 Å². The summed E-state index contributed by atoms with van der Waals surface area (Å²) in [4.78, 5) is 35.8. The number of carboxylic acids is 1. The van der Waals surface area contributed by atoms with E-state index >= 15 is 0 Å². The SMILES string of the molecule is CCCCCCCCCCCCCCCCOC(=O)OCOC(C(=O)OC1CC2CCC(C1)[N+]21CCCC1)(c1ccccc1)c1ccccc1.O=C([O-])C(F)(F)F. The number of carboxylic acid groups (broad SMARTS) is 1. The van der Waals surface area contributed by atoms with Gasteiger partial charge in [-0.25, -0.2) is 9.59 Å². The molecule has 2 atom stereocenters. The summed E-state index contributed by atoms with van der Waals surface area (Å²) in [5, 5.41) is 8.78. The van der Waals surface area contributed by atoms with Crippen LogP contribution in [-0.2, 0) is 34.1 Å². The molecule has 2 aromatic rings. The fraction of sp³-hybridized carbons (Fsp3) is 0.667. The van der Waals surface area contributed by atoms with Crippen LogP contribution in [0.5, 0.6) is 0 Å². The van der Waals surface area contributed by atoms with Gasteiger partial charge in [0.1, 0.15) is 12.1 Å². The lowest BCUT2D eigenvalue weighted by Gasteiger charge is -2.47. The summed E-state index contributed by atoms with van der Waals surface area (Å²) in [5.41, 5.74) is -0.316. The van der Waals surface area contributed by atoms with Crippen molar-refractivity contribution in [3.05, 3.63) is 71.8 Å². The van der Waals surface area contributed by atoms with Crippen LogP contribution in [0.25, 0.3) is 0 Å². The van der Waals surface area contributed by atoms with Crippen LogP contribution < -0.4 is 5.11 Å². The van der Waals surface area contributed by atoms with Gasteiger partial charge in [0.15, 0.2) is 6.79 Å². The van der Waals surface area contributed by atoms with Gasteiger partial charge in [-0.2, -0.15) is 13.2 Å². The molecule has 0 amide bonds. The van der Waals surface area contributed by atoms with Crippen molar-refractivity contribution >= 4 is 18.1 Å². The Balaban J connectivity index is 0.000000940. The number of carbonyl (C=O) groups excluding carboxylic acids is 3. The first kappa shape index (κ1) is 46.1. The normalized spacial score (nSPS) is 19.8. The molecule has 3 aliphatic heterocycles. The molecular formula is C45H64F3NO8. The smallest absolute Gasteiger partial charge is 0.510 e. The van der Waals surface area contributed by atoms with Gasteiger partial charge in [-0.3, -0.25) is 0 Å². The molecule has 2 unspecified atom stereocenters. The number of piperidine rings is 1. The molecule has 1 spiro atoms. The molecule has 57 heavy (non-hydrogen) atoms. The average molecular weight is 804 g/mol. The molecule has 3 heterocycles. The molecule has 0 aliphatic carbocycles. The van der Waals surface area contributed by atoms with Crippen molar-refractivity contribution in [2.24, 2.45) is 0 Å². The Kier molecular flexibility index (Phi) is 19.1. The summed E-state index contributed by atoms with van der Waals surface area (Å²) in [7, 11) is 0. The Morgan fingerprint density at radius 2 is 1.12 bits per heavy atom. The molecule has 3 saturated heterocycles. The van der Waals surface area contributed by atoms with Crippen molar-refractivity contribution in [2.45, 2.75) is 165 Å². The van der Waals surface area contributed by atoms with Gasteiger partial charge in [-0.15, -0.1) is 0 Å². The second kappa shape index (κ2) is 23.7. The Morgan fingerprint density at radius 1 is 0.684 bits per heavy atom. The summed E-state index contributed by atoms with van der Waals surface area (Å²) in [5.74, 6) is -3.47. The standard InChI is InChI=1S/C43H64NO6.C2HF3O2/c1-2-3-4-5-6-7-8-9-10-11-12-13-14-23-32-47-42(46)48-35-49-43(36-24-17-15-18-25-36,37-26-19-16-20-27-37)41(45)50-40-33-38-28-29-39(34-40)44(38)30-21-22-31-44;3-2(4,5)1(6)7/h15-20,24-27,38-40H,2-14,21-23,28-35H2,1H3;(H,6,7)/q+1;/p-1. The number of nitrogens with zero attached hydrogens (tertiary/aromatic N) is 1. The molecule has 0 radical (unpaired) electrons. The van der Waals surface area contributed by atoms with E-state index in [0.717, 1.165) is 32.1 Å². The molecule has 0 saturated carbocycles. The summed E-state index contributed by atoms with van der Waals surface area (Å²) in [6.45, 7) is 4.68. The Hall–Kier alpha value is -3.64. The van der Waals surface area contributed by atoms with Crippen LogP contribution in [0.4, 0.5) is 18.0 Å². The maximum absolute atomic E-state index is 14.5. The van der Waals surface area contributed by atoms with Crippen LogP contribution in [0.1, 0.15) is 146 Å². The van der Waals surface area contributed by atoms with E-state index in [2.05, 4.69) is 6.92 Å². The first-order valence-electron chi connectivity index (χ1n) is 21.4. The van der Waals surface area contributed by atoms with E-state index in [1.165, 1.54) is 114 Å². The number of ether oxygens (including phenoxy) is 4. The number of quaternary nitrogens is 1. The first-order chi connectivity index (χ1) is 27.5. The lowest BCUT2D eigenvalue weighted by Crippen LogP contribution is -2.60. The zero-order valence-electron chi connectivity index (χ0n) is 33.8. The molecule has 0 N–H and O–H groups in total. The van der Waals surface area contributed by atoms with Crippen molar-refractivity contribution < 1.29 is 56.1 Å². The highest BCUT2D eigenvalue weighted by Gasteiger charge is 2.57. The Bertz CT molecular complexity index is 1410. The summed E-state index contributed by atoms with van der Waals surface area (Å²) >= 11 is 0. The average Bonchev–Trinajstić information content (AvgIpc) is 3.75. The van der Waals surface area contributed by atoms with Crippen molar-refractivity contribution in [3.8, 4) is 0 Å². The van der Waals surface area contributed by atoms with E-state index in [9.17, 15) is 22.8 Å². The fourth-order valence-electron chi connectivity index (χ4n) is 9.17. The molecular weight excluding hydrogens is 739 g/mol. The highest BCUT2D eigenvalue weighted by molar-refractivity contribution is 5.86. The number of hydrogen-bond acceptors (Lipinski definition) is 8. The van der Waals surface area contributed by atoms with E-state index in [4.69, 9.17) is 28.8 Å². The molecule has 12 heteroatoms. The molecule has 9 nitrogen and oxygen atoms in total. The molecule has 3 fully saturated rings. The summed E-state index contributed by atoms with van der Waals surface area (Å²) in [6.07, 6.45) is 18.5. The second-order valence-corrected chi connectivity index (χ2v) is 15.9. The third kappa shape index (κ3) is 13.7. The van der Waals surface area contributed by atoms with Gasteiger partial charge in [0, 0.05) is 38.5 Å². The van der Waals surface area contributed by atoms with E-state index in [-0.39, 0.29) is 6.10 Å². The zero-order valence-corrected chi connectivity index (χ0v) is 33.8.